The maximum atomic E-state index is 13.3. The lowest BCUT2D eigenvalue weighted by Gasteiger charge is -2.06. The minimum Gasteiger partial charge on any atom is -0.495 e. The summed E-state index contributed by atoms with van der Waals surface area (Å²) in [6.07, 6.45) is 1.34. The number of nitrogens with two attached hydrogens (primary N) is 1. The summed E-state index contributed by atoms with van der Waals surface area (Å²) in [5.74, 6) is 0.731. The standard InChI is InChI=1S/C13H11FN4O/c1-19-11-6-8(2-4-10(11)15)13-17-16-12-5-3-9(14)7-18(12)13/h2-7H,15H2,1H3. The predicted octanol–water partition coefficient (Wildman–Crippen LogP) is 2.13. The highest BCUT2D eigenvalue weighted by Crippen LogP contribution is 2.28. The van der Waals surface area contributed by atoms with E-state index < -0.39 is 0 Å². The van der Waals surface area contributed by atoms with E-state index in [1.165, 1.54) is 19.4 Å². The number of anilines is 1. The highest BCUT2D eigenvalue weighted by Gasteiger charge is 2.10. The molecule has 2 aromatic heterocycles. The Bertz CT molecular complexity index is 753. The molecule has 19 heavy (non-hydrogen) atoms. The summed E-state index contributed by atoms with van der Waals surface area (Å²) in [7, 11) is 1.54. The normalized spacial score (nSPS) is 10.8. The number of pyridine rings is 1. The molecule has 0 amide bonds. The van der Waals surface area contributed by atoms with E-state index in [4.69, 9.17) is 10.5 Å². The molecule has 3 rings (SSSR count). The van der Waals surface area contributed by atoms with Gasteiger partial charge in [-0.05, 0) is 30.3 Å². The zero-order valence-electron chi connectivity index (χ0n) is 10.2. The SMILES string of the molecule is COc1cc(-c2nnc3ccc(F)cn23)ccc1N. The molecular formula is C13H11FN4O. The Morgan fingerprint density at radius 3 is 2.84 bits per heavy atom. The lowest BCUT2D eigenvalue weighted by atomic mass is 10.2. The topological polar surface area (TPSA) is 65.4 Å². The fraction of sp³-hybridized carbons (Fsp3) is 0.0769. The molecule has 0 saturated heterocycles. The van der Waals surface area contributed by atoms with Crippen molar-refractivity contribution >= 4 is 11.3 Å². The molecule has 5 nitrogen and oxygen atoms in total. The lowest BCUT2D eigenvalue weighted by molar-refractivity contribution is 0.417. The number of methoxy groups -OCH3 is 1. The number of benzene rings is 1. The molecule has 3 aromatic rings. The van der Waals surface area contributed by atoms with E-state index in [0.29, 0.717) is 22.9 Å². The third-order valence-electron chi connectivity index (χ3n) is 2.86. The molecule has 0 aliphatic carbocycles. The van der Waals surface area contributed by atoms with Gasteiger partial charge in [0.15, 0.2) is 11.5 Å². The van der Waals surface area contributed by atoms with Crippen molar-refractivity contribution in [2.24, 2.45) is 0 Å². The molecule has 2 heterocycles. The molecular weight excluding hydrogens is 247 g/mol. The zero-order valence-corrected chi connectivity index (χ0v) is 10.2. The van der Waals surface area contributed by atoms with Crippen molar-refractivity contribution in [2.75, 3.05) is 12.8 Å². The van der Waals surface area contributed by atoms with Crippen LogP contribution >= 0.6 is 0 Å². The Hall–Kier alpha value is -2.63. The van der Waals surface area contributed by atoms with Crippen molar-refractivity contribution in [3.05, 3.63) is 42.3 Å². The number of aromatic nitrogens is 3. The average Bonchev–Trinajstić information content (AvgIpc) is 2.82. The maximum absolute atomic E-state index is 13.3. The molecule has 0 saturated carbocycles. The van der Waals surface area contributed by atoms with Crippen LogP contribution in [0.15, 0.2) is 36.5 Å². The first-order valence-electron chi connectivity index (χ1n) is 5.63. The van der Waals surface area contributed by atoms with Gasteiger partial charge in [-0.3, -0.25) is 4.40 Å². The highest BCUT2D eigenvalue weighted by atomic mass is 19.1. The van der Waals surface area contributed by atoms with Crippen LogP contribution in [0.1, 0.15) is 0 Å². The molecule has 0 aliphatic rings. The number of ether oxygens (including phenoxy) is 1. The van der Waals surface area contributed by atoms with Gasteiger partial charge in [-0.2, -0.15) is 0 Å². The van der Waals surface area contributed by atoms with Crippen LogP contribution in [-0.2, 0) is 0 Å². The molecule has 96 valence electrons. The minimum absolute atomic E-state index is 0.351. The van der Waals surface area contributed by atoms with Crippen molar-refractivity contribution in [1.29, 1.82) is 0 Å². The molecule has 0 atom stereocenters. The Labute approximate surface area is 108 Å². The van der Waals surface area contributed by atoms with Gasteiger partial charge in [-0.1, -0.05) is 0 Å². The van der Waals surface area contributed by atoms with Crippen molar-refractivity contribution in [1.82, 2.24) is 14.6 Å². The number of nitrogen functional groups attached to an aromatic ring is 1. The molecule has 0 fully saturated rings. The molecule has 1 aromatic carbocycles. The van der Waals surface area contributed by atoms with Crippen LogP contribution in [0.3, 0.4) is 0 Å². The average molecular weight is 258 g/mol. The van der Waals surface area contributed by atoms with Gasteiger partial charge in [0.05, 0.1) is 12.8 Å². The second kappa shape index (κ2) is 4.24. The van der Waals surface area contributed by atoms with E-state index >= 15 is 0 Å². The Balaban J connectivity index is 2.21. The van der Waals surface area contributed by atoms with Crippen molar-refractivity contribution < 1.29 is 9.13 Å². The Morgan fingerprint density at radius 2 is 2.05 bits per heavy atom. The van der Waals surface area contributed by atoms with E-state index in [0.717, 1.165) is 5.56 Å². The first kappa shape index (κ1) is 11.5. The largest absolute Gasteiger partial charge is 0.495 e. The number of hydrogen-bond donors (Lipinski definition) is 1. The number of nitrogens with zero attached hydrogens (tertiary/aromatic N) is 3. The zero-order chi connectivity index (χ0) is 13.4. The molecule has 2 N–H and O–H groups in total. The molecule has 0 aliphatic heterocycles. The van der Waals surface area contributed by atoms with Gasteiger partial charge in [-0.25, -0.2) is 4.39 Å². The van der Waals surface area contributed by atoms with Gasteiger partial charge in [0.25, 0.3) is 0 Å². The van der Waals surface area contributed by atoms with Crippen LogP contribution in [-0.4, -0.2) is 21.7 Å². The maximum Gasteiger partial charge on any atom is 0.168 e. The fourth-order valence-corrected chi connectivity index (χ4v) is 1.91. The van der Waals surface area contributed by atoms with E-state index in [1.807, 2.05) is 0 Å². The summed E-state index contributed by atoms with van der Waals surface area (Å²) in [4.78, 5) is 0. The summed E-state index contributed by atoms with van der Waals surface area (Å²) < 4.78 is 20.0. The number of fused-ring (bicyclic) bond motifs is 1. The quantitative estimate of drug-likeness (QED) is 0.715. The van der Waals surface area contributed by atoms with Crippen LogP contribution in [0.25, 0.3) is 17.0 Å². The summed E-state index contributed by atoms with van der Waals surface area (Å²) in [6, 6.07) is 8.17. The van der Waals surface area contributed by atoms with Gasteiger partial charge in [0.1, 0.15) is 11.6 Å². The number of rotatable bonds is 2. The Morgan fingerprint density at radius 1 is 1.21 bits per heavy atom. The lowest BCUT2D eigenvalue weighted by Crippen LogP contribution is -1.95. The number of hydrogen-bond acceptors (Lipinski definition) is 4. The van der Waals surface area contributed by atoms with Gasteiger partial charge < -0.3 is 10.5 Å². The number of halogens is 1. The second-order valence-electron chi connectivity index (χ2n) is 4.06. The van der Waals surface area contributed by atoms with E-state index in [1.54, 1.807) is 28.7 Å². The summed E-state index contributed by atoms with van der Waals surface area (Å²) in [5, 5.41) is 8.05. The van der Waals surface area contributed by atoms with Gasteiger partial charge in [-0.15, -0.1) is 10.2 Å². The highest BCUT2D eigenvalue weighted by molar-refractivity contribution is 5.67. The van der Waals surface area contributed by atoms with E-state index in [-0.39, 0.29) is 5.82 Å². The first-order valence-corrected chi connectivity index (χ1v) is 5.63. The summed E-state index contributed by atoms with van der Waals surface area (Å²) in [6.45, 7) is 0. The van der Waals surface area contributed by atoms with E-state index in [9.17, 15) is 4.39 Å². The van der Waals surface area contributed by atoms with Gasteiger partial charge in [0, 0.05) is 11.8 Å². The Kier molecular flexibility index (Phi) is 2.56. The molecule has 0 spiro atoms. The van der Waals surface area contributed by atoms with Crippen LogP contribution in [0.4, 0.5) is 10.1 Å². The van der Waals surface area contributed by atoms with E-state index in [2.05, 4.69) is 10.2 Å². The van der Waals surface area contributed by atoms with Crippen molar-refractivity contribution in [3.8, 4) is 17.1 Å². The monoisotopic (exact) mass is 258 g/mol. The van der Waals surface area contributed by atoms with Crippen LogP contribution < -0.4 is 10.5 Å². The minimum atomic E-state index is -0.351. The summed E-state index contributed by atoms with van der Waals surface area (Å²) >= 11 is 0. The van der Waals surface area contributed by atoms with Crippen molar-refractivity contribution in [3.63, 3.8) is 0 Å². The molecule has 0 radical (unpaired) electrons. The smallest absolute Gasteiger partial charge is 0.168 e. The molecule has 0 bridgehead atoms. The predicted molar refractivity (Wildman–Crippen MR) is 69.3 cm³/mol. The third-order valence-corrected chi connectivity index (χ3v) is 2.86. The molecule has 6 heteroatoms. The third kappa shape index (κ3) is 1.87. The second-order valence-corrected chi connectivity index (χ2v) is 4.06. The van der Waals surface area contributed by atoms with Gasteiger partial charge in [0.2, 0.25) is 0 Å². The van der Waals surface area contributed by atoms with Crippen LogP contribution in [0.2, 0.25) is 0 Å². The van der Waals surface area contributed by atoms with Gasteiger partial charge >= 0.3 is 0 Å². The van der Waals surface area contributed by atoms with Crippen LogP contribution in [0, 0.1) is 5.82 Å². The van der Waals surface area contributed by atoms with Crippen molar-refractivity contribution in [2.45, 2.75) is 0 Å². The molecule has 0 unspecified atom stereocenters. The fourth-order valence-electron chi connectivity index (χ4n) is 1.91. The van der Waals surface area contributed by atoms with Crippen LogP contribution in [0.5, 0.6) is 5.75 Å². The first-order chi connectivity index (χ1) is 9.19. The summed E-state index contributed by atoms with van der Waals surface area (Å²) in [5.41, 5.74) is 7.63.